The van der Waals surface area contributed by atoms with Crippen molar-refractivity contribution in [1.29, 1.82) is 0 Å². The molecule has 4 atom stereocenters. The van der Waals surface area contributed by atoms with E-state index in [9.17, 15) is 9.90 Å². The standard InChI is InChI=1S/C22H30N2O3.C15H25NO2/c1-6-22(17(2)16-24(3)4,18-11-10-14-20(15-18)26-5)27-21(25)23-19-12-8-7-9-13-19;1-6-15(17,12(2)11-16(3)4)13-8-7-9-14(10-13)18-5/h7-15,17H,6,16H2,1-5H3,(H,23,25);7-10,12,17H,6,11H2,1-5H3/t17-,22+;12-,15-/m00/s1. The van der Waals surface area contributed by atoms with E-state index in [1.165, 1.54) is 0 Å². The van der Waals surface area contributed by atoms with Crippen molar-refractivity contribution in [2.75, 3.05) is 60.8 Å². The highest BCUT2D eigenvalue weighted by Gasteiger charge is 2.41. The fourth-order valence-electron chi connectivity index (χ4n) is 5.91. The van der Waals surface area contributed by atoms with Gasteiger partial charge in [-0.1, -0.05) is 70.2 Å². The molecule has 0 saturated heterocycles. The number of aliphatic hydroxyl groups is 1. The van der Waals surface area contributed by atoms with Crippen molar-refractivity contribution in [3.05, 3.63) is 90.0 Å². The Morgan fingerprint density at radius 1 is 0.756 bits per heavy atom. The Hall–Kier alpha value is -3.59. The van der Waals surface area contributed by atoms with E-state index in [-0.39, 0.29) is 11.8 Å². The van der Waals surface area contributed by atoms with Gasteiger partial charge in [0, 0.05) is 30.6 Å². The van der Waals surface area contributed by atoms with Crippen LogP contribution in [0.5, 0.6) is 11.5 Å². The number of ether oxygens (including phenoxy) is 3. The molecule has 0 heterocycles. The maximum atomic E-state index is 12.7. The van der Waals surface area contributed by atoms with Crippen LogP contribution in [-0.4, -0.2) is 76.5 Å². The Kier molecular flexibility index (Phi) is 14.9. The highest BCUT2D eigenvalue weighted by Crippen LogP contribution is 2.39. The third-order valence-electron chi connectivity index (χ3n) is 8.38. The maximum Gasteiger partial charge on any atom is 0.412 e. The number of carbonyl (C=O) groups excluding carboxylic acids is 1. The number of nitrogens with one attached hydrogen (secondary N) is 1. The van der Waals surface area contributed by atoms with Crippen LogP contribution in [0.3, 0.4) is 0 Å². The highest BCUT2D eigenvalue weighted by molar-refractivity contribution is 5.84. The first-order valence-corrected chi connectivity index (χ1v) is 15.7. The molecule has 0 fully saturated rings. The molecular weight excluding hydrogens is 566 g/mol. The first kappa shape index (κ1) is 37.6. The van der Waals surface area contributed by atoms with Gasteiger partial charge in [0.2, 0.25) is 0 Å². The Balaban J connectivity index is 0.000000341. The quantitative estimate of drug-likeness (QED) is 0.196. The molecule has 0 aliphatic heterocycles. The monoisotopic (exact) mass is 621 g/mol. The number of nitrogens with zero attached hydrogens (tertiary/aromatic N) is 2. The fourth-order valence-corrected chi connectivity index (χ4v) is 5.91. The van der Waals surface area contributed by atoms with Crippen LogP contribution in [0.4, 0.5) is 10.5 Å². The van der Waals surface area contributed by atoms with E-state index >= 15 is 0 Å². The number of benzene rings is 3. The van der Waals surface area contributed by atoms with Gasteiger partial charge in [-0.05, 0) is 88.6 Å². The van der Waals surface area contributed by atoms with Gasteiger partial charge < -0.3 is 29.1 Å². The molecule has 248 valence electrons. The van der Waals surface area contributed by atoms with Crippen LogP contribution in [-0.2, 0) is 15.9 Å². The maximum absolute atomic E-state index is 12.7. The summed E-state index contributed by atoms with van der Waals surface area (Å²) in [6.07, 6.45) is 0.878. The van der Waals surface area contributed by atoms with E-state index in [1.54, 1.807) is 14.2 Å². The lowest BCUT2D eigenvalue weighted by Crippen LogP contribution is -2.43. The van der Waals surface area contributed by atoms with E-state index in [0.29, 0.717) is 18.5 Å². The zero-order valence-electron chi connectivity index (χ0n) is 29.0. The molecule has 3 rings (SSSR count). The second-order valence-corrected chi connectivity index (χ2v) is 12.2. The Labute approximate surface area is 271 Å². The summed E-state index contributed by atoms with van der Waals surface area (Å²) in [4.78, 5) is 16.9. The summed E-state index contributed by atoms with van der Waals surface area (Å²) in [6, 6.07) is 24.8. The molecule has 0 aliphatic rings. The fraction of sp³-hybridized carbons (Fsp3) is 0.486. The molecule has 1 amide bonds. The van der Waals surface area contributed by atoms with Crippen molar-refractivity contribution in [2.24, 2.45) is 11.8 Å². The predicted molar refractivity (Wildman–Crippen MR) is 184 cm³/mol. The SMILES string of the molecule is CC[C@@](O)(c1cccc(OC)c1)[C@@H](C)CN(C)C.CC[C@](OC(=O)Nc1ccccc1)(c1cccc(OC)c1)[C@@H](C)CN(C)C. The third kappa shape index (κ3) is 10.5. The molecule has 0 bridgehead atoms. The summed E-state index contributed by atoms with van der Waals surface area (Å²) in [5.41, 5.74) is 0.996. The first-order chi connectivity index (χ1) is 21.3. The summed E-state index contributed by atoms with van der Waals surface area (Å²) < 4.78 is 16.7. The molecule has 0 unspecified atom stereocenters. The minimum atomic E-state index is -0.807. The average Bonchev–Trinajstić information content (AvgIpc) is 3.03. The summed E-state index contributed by atoms with van der Waals surface area (Å²) in [5, 5.41) is 13.8. The molecule has 0 saturated carbocycles. The molecule has 0 aliphatic carbocycles. The second kappa shape index (κ2) is 17.8. The molecule has 8 heteroatoms. The molecule has 8 nitrogen and oxygen atoms in total. The summed E-state index contributed by atoms with van der Waals surface area (Å²) in [6.45, 7) is 9.89. The molecule has 2 N–H and O–H groups in total. The topological polar surface area (TPSA) is 83.5 Å². The van der Waals surface area contributed by atoms with Crippen molar-refractivity contribution in [3.63, 3.8) is 0 Å². The highest BCUT2D eigenvalue weighted by atomic mass is 16.6. The molecular formula is C37H55N3O5. The van der Waals surface area contributed by atoms with Crippen LogP contribution in [0.15, 0.2) is 78.9 Å². The van der Waals surface area contributed by atoms with E-state index in [1.807, 2.05) is 121 Å². The van der Waals surface area contributed by atoms with Gasteiger partial charge in [-0.25, -0.2) is 4.79 Å². The molecule has 3 aromatic rings. The zero-order chi connectivity index (χ0) is 33.6. The van der Waals surface area contributed by atoms with Crippen molar-refractivity contribution >= 4 is 11.8 Å². The molecule has 45 heavy (non-hydrogen) atoms. The van der Waals surface area contributed by atoms with E-state index < -0.39 is 17.3 Å². The number of amides is 1. The Bertz CT molecular complexity index is 1300. The van der Waals surface area contributed by atoms with E-state index in [2.05, 4.69) is 29.0 Å². The van der Waals surface area contributed by atoms with Crippen molar-refractivity contribution in [1.82, 2.24) is 9.80 Å². The van der Waals surface area contributed by atoms with Gasteiger partial charge in [-0.3, -0.25) is 5.32 Å². The van der Waals surface area contributed by atoms with Gasteiger partial charge in [0.1, 0.15) is 17.1 Å². The first-order valence-electron chi connectivity index (χ1n) is 15.7. The number of para-hydroxylation sites is 1. The minimum absolute atomic E-state index is 0.0751. The summed E-state index contributed by atoms with van der Waals surface area (Å²) in [7, 11) is 11.4. The van der Waals surface area contributed by atoms with Crippen molar-refractivity contribution in [3.8, 4) is 11.5 Å². The van der Waals surface area contributed by atoms with Gasteiger partial charge in [0.05, 0.1) is 19.8 Å². The number of anilines is 1. The van der Waals surface area contributed by atoms with Crippen molar-refractivity contribution in [2.45, 2.75) is 51.7 Å². The normalized spacial score (nSPS) is 15.1. The van der Waals surface area contributed by atoms with E-state index in [0.717, 1.165) is 35.7 Å². The van der Waals surface area contributed by atoms with Crippen LogP contribution >= 0.6 is 0 Å². The van der Waals surface area contributed by atoms with Crippen LogP contribution in [0.1, 0.15) is 51.7 Å². The second-order valence-electron chi connectivity index (χ2n) is 12.2. The number of carbonyl (C=O) groups is 1. The van der Waals surface area contributed by atoms with E-state index in [4.69, 9.17) is 14.2 Å². The summed E-state index contributed by atoms with van der Waals surface area (Å²) in [5.74, 6) is 1.77. The average molecular weight is 622 g/mol. The van der Waals surface area contributed by atoms with Gasteiger partial charge in [0.25, 0.3) is 0 Å². The third-order valence-corrected chi connectivity index (χ3v) is 8.38. The lowest BCUT2D eigenvalue weighted by atomic mass is 9.79. The number of hydrogen-bond donors (Lipinski definition) is 2. The number of rotatable bonds is 14. The van der Waals surface area contributed by atoms with Gasteiger partial charge in [0.15, 0.2) is 0 Å². The minimum Gasteiger partial charge on any atom is -0.497 e. The molecule has 0 aromatic heterocycles. The van der Waals surface area contributed by atoms with Gasteiger partial charge in [-0.15, -0.1) is 0 Å². The predicted octanol–water partition coefficient (Wildman–Crippen LogP) is 7.24. The van der Waals surface area contributed by atoms with Crippen LogP contribution < -0.4 is 14.8 Å². The number of methoxy groups -OCH3 is 2. The largest absolute Gasteiger partial charge is 0.497 e. The van der Waals surface area contributed by atoms with Crippen molar-refractivity contribution < 1.29 is 24.1 Å². The number of hydrogen-bond acceptors (Lipinski definition) is 7. The Morgan fingerprint density at radius 2 is 1.27 bits per heavy atom. The lowest BCUT2D eigenvalue weighted by Gasteiger charge is -2.39. The zero-order valence-corrected chi connectivity index (χ0v) is 29.0. The smallest absolute Gasteiger partial charge is 0.412 e. The van der Waals surface area contributed by atoms with Gasteiger partial charge in [-0.2, -0.15) is 0 Å². The molecule has 0 spiro atoms. The molecule has 0 radical (unpaired) electrons. The lowest BCUT2D eigenvalue weighted by molar-refractivity contribution is -0.0383. The van der Waals surface area contributed by atoms with Crippen LogP contribution in [0.2, 0.25) is 0 Å². The van der Waals surface area contributed by atoms with Crippen LogP contribution in [0, 0.1) is 11.8 Å². The van der Waals surface area contributed by atoms with Gasteiger partial charge >= 0.3 is 6.09 Å². The summed E-state index contributed by atoms with van der Waals surface area (Å²) >= 11 is 0. The molecule has 3 aromatic carbocycles. The van der Waals surface area contributed by atoms with Crippen LogP contribution in [0.25, 0.3) is 0 Å². The Morgan fingerprint density at radius 3 is 1.76 bits per heavy atom.